The van der Waals surface area contributed by atoms with E-state index in [0.29, 0.717) is 23.1 Å². The van der Waals surface area contributed by atoms with Crippen molar-refractivity contribution < 1.29 is 9.47 Å². The van der Waals surface area contributed by atoms with Gasteiger partial charge >= 0.3 is 5.69 Å². The third-order valence-electron chi connectivity index (χ3n) is 6.18. The van der Waals surface area contributed by atoms with E-state index in [4.69, 9.17) is 9.47 Å². The predicted octanol–water partition coefficient (Wildman–Crippen LogP) is 1.83. The van der Waals surface area contributed by atoms with E-state index in [9.17, 15) is 9.59 Å². The molecule has 0 spiro atoms. The molecule has 0 unspecified atom stereocenters. The third-order valence-corrected chi connectivity index (χ3v) is 6.18. The monoisotopic (exact) mass is 458 g/mol. The molecule has 0 bridgehead atoms. The van der Waals surface area contributed by atoms with Gasteiger partial charge in [0.25, 0.3) is 5.56 Å². The molecule has 0 radical (unpaired) electrons. The van der Waals surface area contributed by atoms with Crippen molar-refractivity contribution in [2.45, 2.75) is 6.92 Å². The van der Waals surface area contributed by atoms with Crippen LogP contribution in [0.5, 0.6) is 11.5 Å². The van der Waals surface area contributed by atoms with E-state index in [1.807, 2.05) is 0 Å². The fourth-order valence-electron chi connectivity index (χ4n) is 4.39. The Bertz CT molecular complexity index is 1520. The number of aromatic nitrogens is 4. The third kappa shape index (κ3) is 3.43. The number of piperazine rings is 1. The van der Waals surface area contributed by atoms with Gasteiger partial charge in [-0.25, -0.2) is 14.3 Å². The van der Waals surface area contributed by atoms with Crippen LogP contribution in [0.15, 0.2) is 58.3 Å². The van der Waals surface area contributed by atoms with Crippen molar-refractivity contribution in [1.29, 1.82) is 0 Å². The summed E-state index contributed by atoms with van der Waals surface area (Å²) in [7, 11) is 0. The SMILES string of the molecule is Cc1cccc(N2CCN(c3ncc4c(=O)n(-c5ccc6c(c5)OCO6)c(=O)[nH]c4n3)CC2)c1. The Kier molecular flexibility index (Phi) is 4.72. The van der Waals surface area contributed by atoms with E-state index in [-0.39, 0.29) is 17.8 Å². The minimum Gasteiger partial charge on any atom is -0.454 e. The molecule has 4 aromatic rings. The molecule has 2 aromatic heterocycles. The van der Waals surface area contributed by atoms with Gasteiger partial charge < -0.3 is 19.3 Å². The summed E-state index contributed by atoms with van der Waals surface area (Å²) in [5, 5.41) is 0.236. The van der Waals surface area contributed by atoms with Crippen LogP contribution in [-0.2, 0) is 0 Å². The first-order valence-corrected chi connectivity index (χ1v) is 11.1. The second-order valence-electron chi connectivity index (χ2n) is 8.35. The zero-order chi connectivity index (χ0) is 23.2. The van der Waals surface area contributed by atoms with Gasteiger partial charge in [0, 0.05) is 44.1 Å². The molecule has 2 aliphatic rings. The Morgan fingerprint density at radius 2 is 1.71 bits per heavy atom. The maximum Gasteiger partial charge on any atom is 0.334 e. The van der Waals surface area contributed by atoms with Crippen molar-refractivity contribution in [3.8, 4) is 17.2 Å². The lowest BCUT2D eigenvalue weighted by molar-refractivity contribution is 0.174. The summed E-state index contributed by atoms with van der Waals surface area (Å²) in [6.07, 6.45) is 1.48. The maximum atomic E-state index is 13.1. The number of rotatable bonds is 3. The molecule has 1 N–H and O–H groups in total. The van der Waals surface area contributed by atoms with Crippen LogP contribution in [0, 0.1) is 6.92 Å². The second kappa shape index (κ2) is 7.91. The molecular formula is C24H22N6O4. The van der Waals surface area contributed by atoms with E-state index in [1.165, 1.54) is 17.4 Å². The van der Waals surface area contributed by atoms with Crippen LogP contribution in [0.4, 0.5) is 11.6 Å². The van der Waals surface area contributed by atoms with E-state index < -0.39 is 11.2 Å². The predicted molar refractivity (Wildman–Crippen MR) is 127 cm³/mol. The molecule has 0 aliphatic carbocycles. The van der Waals surface area contributed by atoms with Gasteiger partial charge in [-0.1, -0.05) is 12.1 Å². The van der Waals surface area contributed by atoms with E-state index in [2.05, 4.69) is 55.9 Å². The summed E-state index contributed by atoms with van der Waals surface area (Å²) in [6, 6.07) is 13.4. The summed E-state index contributed by atoms with van der Waals surface area (Å²) in [5.41, 5.74) is 1.96. The van der Waals surface area contributed by atoms with Crippen molar-refractivity contribution in [1.82, 2.24) is 19.5 Å². The summed E-state index contributed by atoms with van der Waals surface area (Å²) >= 11 is 0. The molecule has 2 aromatic carbocycles. The molecule has 1 saturated heterocycles. The molecule has 172 valence electrons. The number of aromatic amines is 1. The highest BCUT2D eigenvalue weighted by Crippen LogP contribution is 2.33. The van der Waals surface area contributed by atoms with Crippen LogP contribution < -0.4 is 30.5 Å². The largest absolute Gasteiger partial charge is 0.454 e. The van der Waals surface area contributed by atoms with E-state index >= 15 is 0 Å². The summed E-state index contributed by atoms with van der Waals surface area (Å²) < 4.78 is 11.7. The lowest BCUT2D eigenvalue weighted by Gasteiger charge is -2.36. The van der Waals surface area contributed by atoms with Crippen LogP contribution in [0.3, 0.4) is 0 Å². The average Bonchev–Trinajstić information content (AvgIpc) is 3.32. The van der Waals surface area contributed by atoms with Gasteiger partial charge in [0.1, 0.15) is 5.39 Å². The number of nitrogens with one attached hydrogen (secondary N) is 1. The molecule has 1 fully saturated rings. The Labute approximate surface area is 194 Å². The van der Waals surface area contributed by atoms with Crippen LogP contribution in [0.25, 0.3) is 16.7 Å². The molecule has 0 saturated carbocycles. The maximum absolute atomic E-state index is 13.1. The van der Waals surface area contributed by atoms with Gasteiger partial charge in [0.05, 0.1) is 5.69 Å². The van der Waals surface area contributed by atoms with E-state index in [1.54, 1.807) is 18.2 Å². The van der Waals surface area contributed by atoms with Crippen LogP contribution >= 0.6 is 0 Å². The van der Waals surface area contributed by atoms with Crippen molar-refractivity contribution in [3.63, 3.8) is 0 Å². The summed E-state index contributed by atoms with van der Waals surface area (Å²) in [6.45, 7) is 5.32. The molecule has 34 heavy (non-hydrogen) atoms. The van der Waals surface area contributed by atoms with Gasteiger partial charge in [0.2, 0.25) is 12.7 Å². The lowest BCUT2D eigenvalue weighted by Crippen LogP contribution is -2.47. The first kappa shape index (κ1) is 20.3. The topological polar surface area (TPSA) is 106 Å². The normalized spacial score (nSPS) is 15.2. The van der Waals surface area contributed by atoms with Crippen LogP contribution in [0.1, 0.15) is 5.56 Å². The minimum absolute atomic E-state index is 0.109. The number of hydrogen-bond acceptors (Lipinski definition) is 8. The van der Waals surface area contributed by atoms with Crippen molar-refractivity contribution in [3.05, 3.63) is 75.1 Å². The van der Waals surface area contributed by atoms with Gasteiger partial charge in [-0.15, -0.1) is 0 Å². The zero-order valence-electron chi connectivity index (χ0n) is 18.5. The van der Waals surface area contributed by atoms with E-state index in [0.717, 1.165) is 30.7 Å². The minimum atomic E-state index is -0.578. The zero-order valence-corrected chi connectivity index (χ0v) is 18.5. The molecule has 0 atom stereocenters. The number of H-pyrrole nitrogens is 1. The molecule has 4 heterocycles. The highest BCUT2D eigenvalue weighted by atomic mass is 16.7. The molecular weight excluding hydrogens is 436 g/mol. The lowest BCUT2D eigenvalue weighted by atomic mass is 10.2. The van der Waals surface area contributed by atoms with Crippen LogP contribution in [0.2, 0.25) is 0 Å². The second-order valence-corrected chi connectivity index (χ2v) is 8.35. The average molecular weight is 458 g/mol. The van der Waals surface area contributed by atoms with Crippen molar-refractivity contribution >= 4 is 22.7 Å². The number of ether oxygens (including phenoxy) is 2. The van der Waals surface area contributed by atoms with Gasteiger partial charge in [0.15, 0.2) is 17.1 Å². The standard InChI is InChI=1S/C24H22N6O4/c1-15-3-2-4-16(11-15)28-7-9-29(10-8-28)23-25-13-18-21(26-23)27-24(32)30(22(18)31)17-5-6-19-20(12-17)34-14-33-19/h2-6,11-13H,7-10,14H2,1H3,(H,25,26,27,32). The molecule has 6 rings (SSSR count). The highest BCUT2D eigenvalue weighted by Gasteiger charge is 2.21. The quantitative estimate of drug-likeness (QED) is 0.496. The Balaban J connectivity index is 1.28. The Hall–Kier alpha value is -4.34. The highest BCUT2D eigenvalue weighted by molar-refractivity contribution is 5.74. The van der Waals surface area contributed by atoms with Gasteiger partial charge in [-0.3, -0.25) is 9.78 Å². The van der Waals surface area contributed by atoms with Gasteiger partial charge in [-0.2, -0.15) is 4.98 Å². The number of fused-ring (bicyclic) bond motifs is 2. The summed E-state index contributed by atoms with van der Waals surface area (Å²) in [4.78, 5) is 42.0. The molecule has 10 nitrogen and oxygen atoms in total. The molecule has 10 heteroatoms. The van der Waals surface area contributed by atoms with Crippen molar-refractivity contribution in [2.24, 2.45) is 0 Å². The Morgan fingerprint density at radius 3 is 2.53 bits per heavy atom. The number of benzene rings is 2. The number of anilines is 2. The fraction of sp³-hybridized carbons (Fsp3) is 0.250. The Morgan fingerprint density at radius 1 is 0.912 bits per heavy atom. The smallest absolute Gasteiger partial charge is 0.334 e. The first-order valence-electron chi connectivity index (χ1n) is 11.1. The molecule has 0 amide bonds. The fourth-order valence-corrected chi connectivity index (χ4v) is 4.39. The van der Waals surface area contributed by atoms with Crippen molar-refractivity contribution in [2.75, 3.05) is 42.8 Å². The number of aryl methyl sites for hydroxylation is 1. The molecule has 2 aliphatic heterocycles. The summed E-state index contributed by atoms with van der Waals surface area (Å²) in [5.74, 6) is 1.55. The first-order chi connectivity index (χ1) is 16.6. The number of nitrogens with zero attached hydrogens (tertiary/aromatic N) is 5. The van der Waals surface area contributed by atoms with Crippen LogP contribution in [-0.4, -0.2) is 52.5 Å². The van der Waals surface area contributed by atoms with Gasteiger partial charge in [-0.05, 0) is 36.8 Å². The number of hydrogen-bond donors (Lipinski definition) is 1.